The van der Waals surface area contributed by atoms with Crippen LogP contribution in [0.3, 0.4) is 0 Å². The summed E-state index contributed by atoms with van der Waals surface area (Å²) in [6, 6.07) is 9.56. The third kappa shape index (κ3) is 4.44. The van der Waals surface area contributed by atoms with Crippen molar-refractivity contribution in [1.82, 2.24) is 5.32 Å². The van der Waals surface area contributed by atoms with Crippen LogP contribution in [0.15, 0.2) is 30.3 Å². The van der Waals surface area contributed by atoms with Gasteiger partial charge in [-0.3, -0.25) is 4.79 Å². The number of halogens is 1. The van der Waals surface area contributed by atoms with Crippen molar-refractivity contribution in [2.45, 2.75) is 12.5 Å². The van der Waals surface area contributed by atoms with Crippen molar-refractivity contribution in [3.05, 3.63) is 35.9 Å². The molecule has 0 bridgehead atoms. The molecule has 2 N–H and O–H groups in total. The highest BCUT2D eigenvalue weighted by atomic mass is 79.9. The van der Waals surface area contributed by atoms with Crippen molar-refractivity contribution in [2.75, 3.05) is 11.9 Å². The molecular formula is C11H14BrNO2. The second-order valence-electron chi connectivity index (χ2n) is 3.27. The smallest absolute Gasteiger partial charge is 0.230 e. The molecule has 1 amide bonds. The fourth-order valence-corrected chi connectivity index (χ4v) is 1.49. The minimum atomic E-state index is -0.211. The second-order valence-corrected chi connectivity index (χ2v) is 3.83. The Morgan fingerprint density at radius 1 is 1.40 bits per heavy atom. The summed E-state index contributed by atoms with van der Waals surface area (Å²) in [5, 5.41) is 12.1. The third-order valence-corrected chi connectivity index (χ3v) is 2.54. The molecule has 15 heavy (non-hydrogen) atoms. The molecule has 0 radical (unpaired) electrons. The zero-order valence-electron chi connectivity index (χ0n) is 8.32. The highest BCUT2D eigenvalue weighted by molar-refractivity contribution is 9.09. The zero-order valence-corrected chi connectivity index (χ0v) is 9.90. The van der Waals surface area contributed by atoms with E-state index < -0.39 is 0 Å². The van der Waals surface area contributed by atoms with Gasteiger partial charge in [0.05, 0.1) is 18.0 Å². The molecule has 82 valence electrons. The molecule has 0 aliphatic carbocycles. The van der Waals surface area contributed by atoms with Crippen LogP contribution < -0.4 is 5.32 Å². The Balaban J connectivity index is 2.50. The average Bonchev–Trinajstić information content (AvgIpc) is 2.29. The molecule has 0 aliphatic rings. The number of carbonyl (C=O) groups is 1. The SMILES string of the molecule is O=C(CBr)N[C@H](CO)Cc1ccccc1. The first-order valence-corrected chi connectivity index (χ1v) is 5.88. The second kappa shape index (κ2) is 6.58. The monoisotopic (exact) mass is 271 g/mol. The van der Waals surface area contributed by atoms with Gasteiger partial charge in [-0.05, 0) is 12.0 Å². The van der Waals surface area contributed by atoms with Gasteiger partial charge in [-0.2, -0.15) is 0 Å². The molecule has 1 aromatic rings. The molecule has 0 fully saturated rings. The van der Waals surface area contributed by atoms with E-state index in [1.54, 1.807) is 0 Å². The van der Waals surface area contributed by atoms with Crippen molar-refractivity contribution < 1.29 is 9.90 Å². The van der Waals surface area contributed by atoms with Crippen LogP contribution in [0.1, 0.15) is 5.56 Å². The molecule has 0 aromatic heterocycles. The van der Waals surface area contributed by atoms with E-state index in [1.807, 2.05) is 30.3 Å². The van der Waals surface area contributed by atoms with Gasteiger partial charge in [0.1, 0.15) is 0 Å². The Morgan fingerprint density at radius 2 is 2.07 bits per heavy atom. The largest absolute Gasteiger partial charge is 0.394 e. The lowest BCUT2D eigenvalue weighted by atomic mass is 10.1. The van der Waals surface area contributed by atoms with Gasteiger partial charge in [-0.25, -0.2) is 0 Å². The number of rotatable bonds is 5. The average molecular weight is 272 g/mol. The van der Waals surface area contributed by atoms with E-state index in [9.17, 15) is 4.79 Å². The number of aliphatic hydroxyl groups is 1. The van der Waals surface area contributed by atoms with Gasteiger partial charge in [0.15, 0.2) is 0 Å². The van der Waals surface area contributed by atoms with Crippen molar-refractivity contribution >= 4 is 21.8 Å². The molecule has 3 nitrogen and oxygen atoms in total. The number of carbonyl (C=O) groups excluding carboxylic acids is 1. The van der Waals surface area contributed by atoms with Crippen LogP contribution in [-0.4, -0.2) is 29.0 Å². The van der Waals surface area contributed by atoms with Gasteiger partial charge in [0, 0.05) is 0 Å². The van der Waals surface area contributed by atoms with Crippen LogP contribution in [0, 0.1) is 0 Å². The Kier molecular flexibility index (Phi) is 5.36. The van der Waals surface area contributed by atoms with E-state index in [1.165, 1.54) is 0 Å². The van der Waals surface area contributed by atoms with Crippen molar-refractivity contribution in [3.63, 3.8) is 0 Å². The van der Waals surface area contributed by atoms with Crippen LogP contribution >= 0.6 is 15.9 Å². The molecule has 0 spiro atoms. The highest BCUT2D eigenvalue weighted by Gasteiger charge is 2.10. The van der Waals surface area contributed by atoms with Gasteiger partial charge in [0.2, 0.25) is 5.91 Å². The predicted octanol–water partition coefficient (Wildman–Crippen LogP) is 1.10. The molecular weight excluding hydrogens is 258 g/mol. The maximum atomic E-state index is 11.1. The normalized spacial score (nSPS) is 12.1. The molecule has 0 saturated carbocycles. The number of nitrogens with one attached hydrogen (secondary N) is 1. The maximum absolute atomic E-state index is 11.1. The minimum Gasteiger partial charge on any atom is -0.394 e. The van der Waals surface area contributed by atoms with Gasteiger partial charge in [-0.15, -0.1) is 0 Å². The standard InChI is InChI=1S/C11H14BrNO2/c12-7-11(15)13-10(8-14)6-9-4-2-1-3-5-9/h1-5,10,14H,6-8H2,(H,13,15)/t10-/m0/s1. The third-order valence-electron chi connectivity index (χ3n) is 2.03. The van der Waals surface area contributed by atoms with Crippen molar-refractivity contribution in [1.29, 1.82) is 0 Å². The maximum Gasteiger partial charge on any atom is 0.230 e. The summed E-state index contributed by atoms with van der Waals surface area (Å²) >= 11 is 3.06. The van der Waals surface area contributed by atoms with Crippen molar-refractivity contribution in [3.8, 4) is 0 Å². The summed E-state index contributed by atoms with van der Waals surface area (Å²) in [5.74, 6) is -0.106. The van der Waals surface area contributed by atoms with E-state index in [0.29, 0.717) is 6.42 Å². The number of alkyl halides is 1. The van der Waals surface area contributed by atoms with Gasteiger partial charge >= 0.3 is 0 Å². The van der Waals surface area contributed by atoms with Gasteiger partial charge in [0.25, 0.3) is 0 Å². The van der Waals surface area contributed by atoms with E-state index in [0.717, 1.165) is 5.56 Å². The zero-order chi connectivity index (χ0) is 11.1. The lowest BCUT2D eigenvalue weighted by Gasteiger charge is -2.15. The summed E-state index contributed by atoms with van der Waals surface area (Å²) in [6.07, 6.45) is 0.649. The van der Waals surface area contributed by atoms with E-state index in [4.69, 9.17) is 5.11 Å². The van der Waals surface area contributed by atoms with Crippen LogP contribution in [0.2, 0.25) is 0 Å². The topological polar surface area (TPSA) is 49.3 Å². The van der Waals surface area contributed by atoms with Crippen molar-refractivity contribution in [2.24, 2.45) is 0 Å². The number of hydrogen-bond donors (Lipinski definition) is 2. The van der Waals surface area contributed by atoms with Gasteiger partial charge in [-0.1, -0.05) is 46.3 Å². The number of amides is 1. The molecule has 1 rings (SSSR count). The molecule has 1 aromatic carbocycles. The van der Waals surface area contributed by atoms with Crippen LogP contribution in [0.4, 0.5) is 0 Å². The number of aliphatic hydroxyl groups excluding tert-OH is 1. The fraction of sp³-hybridized carbons (Fsp3) is 0.364. The van der Waals surface area contributed by atoms with Crippen LogP contribution in [-0.2, 0) is 11.2 Å². The summed E-state index contributed by atoms with van der Waals surface area (Å²) in [7, 11) is 0. The van der Waals surface area contributed by atoms with E-state index in [2.05, 4.69) is 21.2 Å². The summed E-state index contributed by atoms with van der Waals surface area (Å²) in [4.78, 5) is 11.1. The van der Waals surface area contributed by atoms with E-state index >= 15 is 0 Å². The highest BCUT2D eigenvalue weighted by Crippen LogP contribution is 2.02. The first-order valence-electron chi connectivity index (χ1n) is 4.76. The summed E-state index contributed by atoms with van der Waals surface area (Å²) < 4.78 is 0. The van der Waals surface area contributed by atoms with Crippen LogP contribution in [0.25, 0.3) is 0 Å². The Morgan fingerprint density at radius 3 is 2.60 bits per heavy atom. The van der Waals surface area contributed by atoms with Gasteiger partial charge < -0.3 is 10.4 Å². The minimum absolute atomic E-state index is 0.0480. The van der Waals surface area contributed by atoms with Crippen LogP contribution in [0.5, 0.6) is 0 Å². The lowest BCUT2D eigenvalue weighted by molar-refractivity contribution is -0.119. The predicted molar refractivity (Wildman–Crippen MR) is 63.0 cm³/mol. The molecule has 0 saturated heterocycles. The summed E-state index contributed by atoms with van der Waals surface area (Å²) in [5.41, 5.74) is 1.10. The first kappa shape index (κ1) is 12.2. The first-order chi connectivity index (χ1) is 7.26. The quantitative estimate of drug-likeness (QED) is 0.789. The molecule has 4 heteroatoms. The van der Waals surface area contributed by atoms with E-state index in [-0.39, 0.29) is 23.9 Å². The molecule has 0 aliphatic heterocycles. The molecule has 1 atom stereocenters. The Bertz CT molecular complexity index is 303. The number of benzene rings is 1. The number of hydrogen-bond acceptors (Lipinski definition) is 2. The summed E-state index contributed by atoms with van der Waals surface area (Å²) in [6.45, 7) is -0.0480. The Labute approximate surface area is 97.6 Å². The lowest BCUT2D eigenvalue weighted by Crippen LogP contribution is -2.39. The Hall–Kier alpha value is -0.870. The molecule has 0 heterocycles. The fourth-order valence-electron chi connectivity index (χ4n) is 1.33. The molecule has 0 unspecified atom stereocenters.